The zero-order valence-electron chi connectivity index (χ0n) is 9.74. The summed E-state index contributed by atoms with van der Waals surface area (Å²) in [5, 5.41) is 13.0. The fourth-order valence-corrected chi connectivity index (χ4v) is 3.65. The molecule has 0 spiro atoms. The van der Waals surface area contributed by atoms with Crippen LogP contribution >= 0.6 is 39.0 Å². The Morgan fingerprint density at radius 2 is 2.19 bits per heavy atom. The van der Waals surface area contributed by atoms with E-state index in [0.29, 0.717) is 12.1 Å². The summed E-state index contributed by atoms with van der Waals surface area (Å²) in [5.41, 5.74) is 0. The number of thiophene rings is 1. The quantitative estimate of drug-likeness (QED) is 0.842. The van der Waals surface area contributed by atoms with Crippen LogP contribution in [-0.2, 0) is 0 Å². The van der Waals surface area contributed by atoms with E-state index in [1.165, 1.54) is 4.88 Å². The number of nitrogens with one attached hydrogen (secondary N) is 1. The van der Waals surface area contributed by atoms with Gasteiger partial charge in [-0.3, -0.25) is 0 Å². The predicted molar refractivity (Wildman–Crippen MR) is 77.4 cm³/mol. The molecule has 0 aliphatic carbocycles. The maximum atomic E-state index is 9.22. The van der Waals surface area contributed by atoms with Gasteiger partial charge >= 0.3 is 0 Å². The van der Waals surface area contributed by atoms with E-state index in [-0.39, 0.29) is 11.9 Å². The van der Waals surface area contributed by atoms with E-state index >= 15 is 0 Å². The van der Waals surface area contributed by atoms with Crippen molar-refractivity contribution in [3.63, 3.8) is 0 Å². The normalized spacial score (nSPS) is 17.1. The first-order valence-electron chi connectivity index (χ1n) is 5.23. The van der Waals surface area contributed by atoms with Crippen LogP contribution in [0.25, 0.3) is 0 Å². The molecule has 0 aliphatic heterocycles. The minimum atomic E-state index is 0.218. The van der Waals surface area contributed by atoms with E-state index < -0.39 is 0 Å². The molecule has 0 fully saturated rings. The molecule has 1 rings (SSSR count). The Morgan fingerprint density at radius 3 is 2.62 bits per heavy atom. The highest BCUT2D eigenvalue weighted by atomic mass is 79.9. The molecule has 3 atom stereocenters. The van der Waals surface area contributed by atoms with Gasteiger partial charge in [-0.05, 0) is 48.2 Å². The van der Waals surface area contributed by atoms with Gasteiger partial charge in [-0.1, -0.05) is 0 Å². The Morgan fingerprint density at radius 1 is 1.50 bits per heavy atom. The minimum Gasteiger partial charge on any atom is -0.395 e. The summed E-state index contributed by atoms with van der Waals surface area (Å²) < 4.78 is 1.16. The molecule has 0 saturated carbocycles. The second-order valence-electron chi connectivity index (χ2n) is 3.78. The molecule has 0 radical (unpaired) electrons. The molecule has 0 saturated heterocycles. The Labute approximate surface area is 114 Å². The highest BCUT2D eigenvalue weighted by molar-refractivity contribution is 9.11. The summed E-state index contributed by atoms with van der Waals surface area (Å²) in [6, 6.07) is 4.83. The molecule has 1 aromatic heterocycles. The van der Waals surface area contributed by atoms with Gasteiger partial charge in [-0.2, -0.15) is 11.8 Å². The lowest BCUT2D eigenvalue weighted by atomic mass is 10.2. The van der Waals surface area contributed by atoms with Crippen LogP contribution in [0.3, 0.4) is 0 Å². The number of hydrogen-bond donors (Lipinski definition) is 2. The summed E-state index contributed by atoms with van der Waals surface area (Å²) in [6.07, 6.45) is 2.03. The van der Waals surface area contributed by atoms with E-state index in [1.807, 2.05) is 6.26 Å². The standard InChI is InChI=1S/C11H18BrNOS2/c1-7(9-4-5-11(12)16-9)13-8(2)10(6-14)15-3/h4-5,7-8,10,13-14H,6H2,1-3H3. The highest BCUT2D eigenvalue weighted by Crippen LogP contribution is 2.27. The first-order valence-corrected chi connectivity index (χ1v) is 8.13. The third-order valence-electron chi connectivity index (χ3n) is 2.57. The lowest BCUT2D eigenvalue weighted by Gasteiger charge is -2.24. The van der Waals surface area contributed by atoms with Gasteiger partial charge < -0.3 is 10.4 Å². The van der Waals surface area contributed by atoms with E-state index in [1.54, 1.807) is 23.1 Å². The van der Waals surface area contributed by atoms with Gasteiger partial charge in [0.05, 0.1) is 10.4 Å². The van der Waals surface area contributed by atoms with Crippen LogP contribution in [0, 0.1) is 0 Å². The molecule has 2 nitrogen and oxygen atoms in total. The third-order valence-corrected chi connectivity index (χ3v) is 5.54. The maximum Gasteiger partial charge on any atom is 0.0701 e. The van der Waals surface area contributed by atoms with Gasteiger partial charge in [-0.15, -0.1) is 11.3 Å². The van der Waals surface area contributed by atoms with Crippen molar-refractivity contribution in [2.24, 2.45) is 0 Å². The molecule has 0 bridgehead atoms. The average molecular weight is 324 g/mol. The molecule has 3 unspecified atom stereocenters. The summed E-state index contributed by atoms with van der Waals surface area (Å²) in [7, 11) is 0. The van der Waals surface area contributed by atoms with Crippen LogP contribution in [-0.4, -0.2) is 29.3 Å². The molecule has 2 N–H and O–H groups in total. The average Bonchev–Trinajstić information content (AvgIpc) is 2.66. The van der Waals surface area contributed by atoms with Crippen molar-refractivity contribution in [2.75, 3.05) is 12.9 Å². The number of rotatable bonds is 6. The molecular formula is C11H18BrNOS2. The van der Waals surface area contributed by atoms with Crippen LogP contribution in [0.2, 0.25) is 0 Å². The van der Waals surface area contributed by atoms with Crippen molar-refractivity contribution in [3.05, 3.63) is 20.8 Å². The van der Waals surface area contributed by atoms with Gasteiger partial charge in [0, 0.05) is 22.2 Å². The topological polar surface area (TPSA) is 32.3 Å². The highest BCUT2D eigenvalue weighted by Gasteiger charge is 2.18. The van der Waals surface area contributed by atoms with Crippen molar-refractivity contribution in [3.8, 4) is 0 Å². The van der Waals surface area contributed by atoms with Crippen LogP contribution in [0.5, 0.6) is 0 Å². The smallest absolute Gasteiger partial charge is 0.0701 e. The predicted octanol–water partition coefficient (Wildman–Crippen LogP) is 3.27. The van der Waals surface area contributed by atoms with Gasteiger partial charge in [0.1, 0.15) is 0 Å². The van der Waals surface area contributed by atoms with E-state index in [9.17, 15) is 5.11 Å². The Kier molecular flexibility index (Phi) is 6.36. The number of halogens is 1. The van der Waals surface area contributed by atoms with Crippen molar-refractivity contribution < 1.29 is 5.11 Å². The van der Waals surface area contributed by atoms with Crippen molar-refractivity contribution in [1.82, 2.24) is 5.32 Å². The van der Waals surface area contributed by atoms with Gasteiger partial charge in [0.25, 0.3) is 0 Å². The molecule has 0 aromatic carbocycles. The third kappa shape index (κ3) is 4.04. The molecule has 92 valence electrons. The zero-order valence-corrected chi connectivity index (χ0v) is 13.0. The van der Waals surface area contributed by atoms with Crippen LogP contribution < -0.4 is 5.32 Å². The fraction of sp³-hybridized carbons (Fsp3) is 0.636. The second kappa shape index (κ2) is 7.01. The Hall–Kier alpha value is 0.450. The number of thioether (sulfide) groups is 1. The monoisotopic (exact) mass is 323 g/mol. The lowest BCUT2D eigenvalue weighted by molar-refractivity contribution is 0.272. The van der Waals surface area contributed by atoms with Gasteiger partial charge in [-0.25, -0.2) is 0 Å². The van der Waals surface area contributed by atoms with Crippen LogP contribution in [0.1, 0.15) is 24.8 Å². The molecule has 0 aliphatic rings. The van der Waals surface area contributed by atoms with E-state index in [4.69, 9.17) is 0 Å². The van der Waals surface area contributed by atoms with Gasteiger partial charge in [0.15, 0.2) is 0 Å². The lowest BCUT2D eigenvalue weighted by Crippen LogP contribution is -2.38. The number of aliphatic hydroxyl groups excluding tert-OH is 1. The summed E-state index contributed by atoms with van der Waals surface area (Å²) >= 11 is 6.92. The van der Waals surface area contributed by atoms with Crippen LogP contribution in [0.15, 0.2) is 15.9 Å². The Balaban J connectivity index is 2.53. The molecule has 16 heavy (non-hydrogen) atoms. The number of aliphatic hydroxyl groups is 1. The van der Waals surface area contributed by atoms with E-state index in [2.05, 4.69) is 47.2 Å². The van der Waals surface area contributed by atoms with Crippen molar-refractivity contribution in [2.45, 2.75) is 31.2 Å². The summed E-state index contributed by atoms with van der Waals surface area (Å²) in [4.78, 5) is 1.32. The first-order chi connectivity index (χ1) is 7.58. The SMILES string of the molecule is CSC(CO)C(C)NC(C)c1ccc(Br)s1. The number of hydrogen-bond acceptors (Lipinski definition) is 4. The molecule has 5 heteroatoms. The van der Waals surface area contributed by atoms with Gasteiger partial charge in [0.2, 0.25) is 0 Å². The minimum absolute atomic E-state index is 0.218. The maximum absolute atomic E-state index is 9.22. The van der Waals surface area contributed by atoms with Crippen LogP contribution in [0.4, 0.5) is 0 Å². The van der Waals surface area contributed by atoms with E-state index in [0.717, 1.165) is 3.79 Å². The fourth-order valence-electron chi connectivity index (χ4n) is 1.58. The van der Waals surface area contributed by atoms with Crippen molar-refractivity contribution in [1.29, 1.82) is 0 Å². The molecule has 1 heterocycles. The van der Waals surface area contributed by atoms with Crippen molar-refractivity contribution >= 4 is 39.0 Å². The summed E-state index contributed by atoms with van der Waals surface area (Å²) in [5.74, 6) is 0. The molecular weight excluding hydrogens is 306 g/mol. The first kappa shape index (κ1) is 14.5. The second-order valence-corrected chi connectivity index (χ2v) is 7.35. The molecule has 0 amide bonds. The summed E-state index contributed by atoms with van der Waals surface area (Å²) in [6.45, 7) is 4.50. The largest absolute Gasteiger partial charge is 0.395 e. The Bertz CT molecular complexity index is 315. The zero-order chi connectivity index (χ0) is 12.1. The molecule has 1 aromatic rings.